The fourth-order valence-corrected chi connectivity index (χ4v) is 3.51. The summed E-state index contributed by atoms with van der Waals surface area (Å²) in [4.78, 5) is 12.5. The van der Waals surface area contributed by atoms with E-state index in [0.717, 1.165) is 11.3 Å². The summed E-state index contributed by atoms with van der Waals surface area (Å²) in [6, 6.07) is 5.65. The van der Waals surface area contributed by atoms with Crippen molar-refractivity contribution in [2.45, 2.75) is 18.3 Å². The van der Waals surface area contributed by atoms with E-state index >= 15 is 0 Å². The maximum Gasteiger partial charge on any atom is 0.198 e. The molecular formula is C14H15NO3S. The Balaban J connectivity index is 2.06. The lowest BCUT2D eigenvalue weighted by Crippen LogP contribution is -2.30. The fourth-order valence-electron chi connectivity index (χ4n) is 2.25. The number of fused-ring (bicyclic) bond motifs is 1. The summed E-state index contributed by atoms with van der Waals surface area (Å²) in [5.74, 6) is 0.798. The van der Waals surface area contributed by atoms with Gasteiger partial charge in [-0.3, -0.25) is 10.1 Å². The largest absolute Gasteiger partial charge is 0.464 e. The Kier molecular flexibility index (Phi) is 3.35. The first-order chi connectivity index (χ1) is 9.19. The van der Waals surface area contributed by atoms with Gasteiger partial charge in [-0.1, -0.05) is 11.6 Å². The van der Waals surface area contributed by atoms with Crippen LogP contribution in [0.15, 0.2) is 33.7 Å². The minimum atomic E-state index is -0.0988. The number of benzene rings is 1. The summed E-state index contributed by atoms with van der Waals surface area (Å²) < 4.78 is 5.54. The molecule has 5 heteroatoms. The minimum Gasteiger partial charge on any atom is -0.464 e. The highest BCUT2D eigenvalue weighted by atomic mass is 32.2. The fraction of sp³-hybridized carbons (Fsp3) is 0.357. The third kappa shape index (κ3) is 2.29. The van der Waals surface area contributed by atoms with Gasteiger partial charge in [-0.05, 0) is 19.1 Å². The third-order valence-corrected chi connectivity index (χ3v) is 4.63. The van der Waals surface area contributed by atoms with Gasteiger partial charge in [0.25, 0.3) is 0 Å². The van der Waals surface area contributed by atoms with Crippen LogP contribution in [0.2, 0.25) is 0 Å². The van der Waals surface area contributed by atoms with E-state index in [-0.39, 0.29) is 23.5 Å². The molecule has 4 nitrogen and oxygen atoms in total. The van der Waals surface area contributed by atoms with E-state index in [9.17, 15) is 4.79 Å². The number of rotatable bonds is 2. The standard InChI is InChI=1S/C14H15NO3S/c1-8-2-3-12-10(4-8)13(17)11(6-18-12)14-15-9(5-16)7-19-14/h2-4,6,9,14-16H,5,7H2,1H3. The van der Waals surface area contributed by atoms with E-state index in [1.54, 1.807) is 11.8 Å². The zero-order chi connectivity index (χ0) is 13.4. The molecule has 2 heterocycles. The van der Waals surface area contributed by atoms with Crippen molar-refractivity contribution in [2.24, 2.45) is 0 Å². The van der Waals surface area contributed by atoms with Crippen LogP contribution in [-0.4, -0.2) is 23.5 Å². The smallest absolute Gasteiger partial charge is 0.198 e. The van der Waals surface area contributed by atoms with Gasteiger partial charge in [0.15, 0.2) is 5.43 Å². The number of thioether (sulfide) groups is 1. The van der Waals surface area contributed by atoms with E-state index < -0.39 is 0 Å². The molecule has 0 bridgehead atoms. The molecule has 1 fully saturated rings. The lowest BCUT2D eigenvalue weighted by Gasteiger charge is -2.11. The molecule has 1 aliphatic heterocycles. The van der Waals surface area contributed by atoms with Crippen molar-refractivity contribution < 1.29 is 9.52 Å². The van der Waals surface area contributed by atoms with Crippen molar-refractivity contribution in [3.05, 3.63) is 45.8 Å². The van der Waals surface area contributed by atoms with Crippen LogP contribution in [0.25, 0.3) is 11.0 Å². The Hall–Kier alpha value is -1.30. The van der Waals surface area contributed by atoms with Crippen molar-refractivity contribution in [1.82, 2.24) is 5.32 Å². The highest BCUT2D eigenvalue weighted by Crippen LogP contribution is 2.31. The Morgan fingerprint density at radius 3 is 3.11 bits per heavy atom. The molecule has 1 aromatic carbocycles. The maximum absolute atomic E-state index is 12.5. The molecule has 0 radical (unpaired) electrons. The molecule has 1 aromatic heterocycles. The van der Waals surface area contributed by atoms with Gasteiger partial charge in [-0.2, -0.15) is 0 Å². The molecule has 0 aliphatic carbocycles. The molecular weight excluding hydrogens is 262 g/mol. The Morgan fingerprint density at radius 2 is 2.37 bits per heavy atom. The van der Waals surface area contributed by atoms with E-state index in [2.05, 4.69) is 5.32 Å². The van der Waals surface area contributed by atoms with Crippen molar-refractivity contribution >= 4 is 22.7 Å². The quantitative estimate of drug-likeness (QED) is 0.876. The minimum absolute atomic E-state index is 0.00791. The molecule has 2 aromatic rings. The van der Waals surface area contributed by atoms with E-state index in [1.165, 1.54) is 6.26 Å². The van der Waals surface area contributed by atoms with Gasteiger partial charge in [0.2, 0.25) is 0 Å². The average Bonchev–Trinajstić information content (AvgIpc) is 2.88. The van der Waals surface area contributed by atoms with Gasteiger partial charge >= 0.3 is 0 Å². The van der Waals surface area contributed by atoms with Crippen molar-refractivity contribution in [3.63, 3.8) is 0 Å². The molecule has 2 unspecified atom stereocenters. The van der Waals surface area contributed by atoms with E-state index in [4.69, 9.17) is 9.52 Å². The molecule has 2 atom stereocenters. The molecule has 0 spiro atoms. The highest BCUT2D eigenvalue weighted by molar-refractivity contribution is 7.99. The lowest BCUT2D eigenvalue weighted by atomic mass is 10.1. The highest BCUT2D eigenvalue weighted by Gasteiger charge is 2.27. The van der Waals surface area contributed by atoms with Gasteiger partial charge < -0.3 is 9.52 Å². The van der Waals surface area contributed by atoms with Crippen LogP contribution in [0.4, 0.5) is 0 Å². The van der Waals surface area contributed by atoms with Gasteiger partial charge in [-0.15, -0.1) is 11.8 Å². The van der Waals surface area contributed by atoms with Gasteiger partial charge in [0, 0.05) is 11.8 Å². The van der Waals surface area contributed by atoms with Crippen LogP contribution in [0.1, 0.15) is 16.5 Å². The molecule has 0 amide bonds. The van der Waals surface area contributed by atoms with Gasteiger partial charge in [0.05, 0.1) is 22.9 Å². The molecule has 19 heavy (non-hydrogen) atoms. The van der Waals surface area contributed by atoms with Crippen LogP contribution in [0, 0.1) is 6.92 Å². The normalized spacial score (nSPS) is 23.1. The first kappa shape index (κ1) is 12.7. The predicted octanol–water partition coefficient (Wildman–Crippen LogP) is 1.80. The number of hydrogen-bond donors (Lipinski definition) is 2. The summed E-state index contributed by atoms with van der Waals surface area (Å²) >= 11 is 1.62. The number of aryl methyl sites for hydroxylation is 1. The zero-order valence-electron chi connectivity index (χ0n) is 10.6. The zero-order valence-corrected chi connectivity index (χ0v) is 11.4. The summed E-state index contributed by atoms with van der Waals surface area (Å²) in [5, 5.41) is 12.9. The molecule has 2 N–H and O–H groups in total. The Bertz CT molecular complexity index is 667. The van der Waals surface area contributed by atoms with Crippen molar-refractivity contribution in [1.29, 1.82) is 0 Å². The monoisotopic (exact) mass is 277 g/mol. The summed E-state index contributed by atoms with van der Waals surface area (Å²) in [5.41, 5.74) is 2.28. The molecule has 0 saturated carbocycles. The Morgan fingerprint density at radius 1 is 1.53 bits per heavy atom. The van der Waals surface area contributed by atoms with Gasteiger partial charge in [0.1, 0.15) is 11.8 Å². The molecule has 1 aliphatic rings. The predicted molar refractivity (Wildman–Crippen MR) is 76.4 cm³/mol. The number of hydrogen-bond acceptors (Lipinski definition) is 5. The summed E-state index contributed by atoms with van der Waals surface area (Å²) in [6.07, 6.45) is 1.53. The van der Waals surface area contributed by atoms with E-state index in [1.807, 2.05) is 25.1 Å². The first-order valence-electron chi connectivity index (χ1n) is 6.19. The number of nitrogens with one attached hydrogen (secondary N) is 1. The van der Waals surface area contributed by atoms with Gasteiger partial charge in [-0.25, -0.2) is 0 Å². The van der Waals surface area contributed by atoms with E-state index in [0.29, 0.717) is 16.5 Å². The second-order valence-electron chi connectivity index (χ2n) is 4.78. The molecule has 3 rings (SSSR count). The lowest BCUT2D eigenvalue weighted by molar-refractivity contribution is 0.257. The van der Waals surface area contributed by atoms with Crippen LogP contribution in [0.5, 0.6) is 0 Å². The maximum atomic E-state index is 12.5. The van der Waals surface area contributed by atoms with Crippen LogP contribution >= 0.6 is 11.8 Å². The SMILES string of the molecule is Cc1ccc2occ(C3NC(CO)CS3)c(=O)c2c1. The molecule has 1 saturated heterocycles. The molecule has 100 valence electrons. The number of aliphatic hydroxyl groups excluding tert-OH is 1. The second kappa shape index (κ2) is 5.00. The number of aliphatic hydroxyl groups is 1. The third-order valence-electron chi connectivity index (χ3n) is 3.31. The van der Waals surface area contributed by atoms with Crippen LogP contribution in [-0.2, 0) is 0 Å². The van der Waals surface area contributed by atoms with Crippen LogP contribution < -0.4 is 10.7 Å². The summed E-state index contributed by atoms with van der Waals surface area (Å²) in [7, 11) is 0. The van der Waals surface area contributed by atoms with Crippen molar-refractivity contribution in [2.75, 3.05) is 12.4 Å². The average molecular weight is 277 g/mol. The first-order valence-corrected chi connectivity index (χ1v) is 7.24. The Labute approximate surface area is 114 Å². The van der Waals surface area contributed by atoms with Crippen molar-refractivity contribution in [3.8, 4) is 0 Å². The topological polar surface area (TPSA) is 62.5 Å². The second-order valence-corrected chi connectivity index (χ2v) is 5.92. The summed E-state index contributed by atoms with van der Waals surface area (Å²) in [6.45, 7) is 2.04. The van der Waals surface area contributed by atoms with Crippen LogP contribution in [0.3, 0.4) is 0 Å².